The van der Waals surface area contributed by atoms with Crippen LogP contribution >= 0.6 is 0 Å². The van der Waals surface area contributed by atoms with Crippen molar-refractivity contribution in [2.75, 3.05) is 6.54 Å². The van der Waals surface area contributed by atoms with Crippen molar-refractivity contribution in [3.8, 4) is 11.5 Å². The van der Waals surface area contributed by atoms with E-state index in [1.54, 1.807) is 0 Å². The molecular weight excluding hydrogens is 258 g/mol. The van der Waals surface area contributed by atoms with Crippen LogP contribution in [0.2, 0.25) is 0 Å². The molecule has 0 bridgehead atoms. The van der Waals surface area contributed by atoms with Crippen molar-refractivity contribution in [3.63, 3.8) is 0 Å². The predicted octanol–water partition coefficient (Wildman–Crippen LogP) is 4.82. The van der Waals surface area contributed by atoms with Crippen molar-refractivity contribution >= 4 is 0 Å². The maximum atomic E-state index is 6.24. The molecule has 112 valence electrons. The monoisotopic (exact) mass is 283 g/mol. The summed E-state index contributed by atoms with van der Waals surface area (Å²) in [6, 6.07) is 10.7. The van der Waals surface area contributed by atoms with Gasteiger partial charge in [-0.25, -0.2) is 0 Å². The normalized spacial score (nSPS) is 10.7. The van der Waals surface area contributed by atoms with Crippen LogP contribution in [0.3, 0.4) is 0 Å². The largest absolute Gasteiger partial charge is 0.457 e. The average Bonchev–Trinajstić information content (AvgIpc) is 2.48. The Kier molecular flexibility index (Phi) is 5.03. The summed E-state index contributed by atoms with van der Waals surface area (Å²) in [6.45, 7) is 12.4. The topological polar surface area (TPSA) is 21.3 Å². The quantitative estimate of drug-likeness (QED) is 0.849. The molecule has 0 aliphatic carbocycles. The summed E-state index contributed by atoms with van der Waals surface area (Å²) in [7, 11) is 0. The standard InChI is InChI=1S/C19H25NO/c1-6-20-12-17-10-9-14(3)18(11-17)21-19-15(4)8-7-13(2)16(19)5/h7-11,20H,6,12H2,1-5H3. The van der Waals surface area contributed by atoms with Crippen molar-refractivity contribution < 1.29 is 4.74 Å². The first kappa shape index (κ1) is 15.6. The van der Waals surface area contributed by atoms with Crippen molar-refractivity contribution in [2.24, 2.45) is 0 Å². The molecule has 0 aliphatic rings. The lowest BCUT2D eigenvalue weighted by Crippen LogP contribution is -2.11. The van der Waals surface area contributed by atoms with E-state index in [-0.39, 0.29) is 0 Å². The molecule has 1 N–H and O–H groups in total. The van der Waals surface area contributed by atoms with Crippen LogP contribution in [-0.2, 0) is 6.54 Å². The zero-order valence-corrected chi connectivity index (χ0v) is 13.7. The minimum atomic E-state index is 0.874. The van der Waals surface area contributed by atoms with Gasteiger partial charge in [0.05, 0.1) is 0 Å². The summed E-state index contributed by atoms with van der Waals surface area (Å²) in [5.74, 6) is 1.93. The zero-order chi connectivity index (χ0) is 15.4. The molecule has 2 heteroatoms. The number of rotatable bonds is 5. The number of hydrogen-bond acceptors (Lipinski definition) is 2. The third kappa shape index (κ3) is 3.64. The van der Waals surface area contributed by atoms with Gasteiger partial charge in [0.1, 0.15) is 11.5 Å². The second kappa shape index (κ2) is 6.77. The Morgan fingerprint density at radius 3 is 2.29 bits per heavy atom. The molecule has 21 heavy (non-hydrogen) atoms. The first-order valence-corrected chi connectivity index (χ1v) is 7.57. The van der Waals surface area contributed by atoms with Gasteiger partial charge in [0.2, 0.25) is 0 Å². The molecule has 0 aliphatic heterocycles. The molecule has 0 fully saturated rings. The second-order valence-electron chi connectivity index (χ2n) is 5.64. The van der Waals surface area contributed by atoms with Crippen LogP contribution in [-0.4, -0.2) is 6.54 Å². The van der Waals surface area contributed by atoms with Gasteiger partial charge in [0.15, 0.2) is 0 Å². The maximum Gasteiger partial charge on any atom is 0.133 e. The highest BCUT2D eigenvalue weighted by atomic mass is 16.5. The summed E-state index contributed by atoms with van der Waals surface area (Å²) >= 11 is 0. The van der Waals surface area contributed by atoms with Crippen LogP contribution in [0.4, 0.5) is 0 Å². The molecule has 0 spiro atoms. The third-order valence-corrected chi connectivity index (χ3v) is 3.92. The van der Waals surface area contributed by atoms with E-state index in [4.69, 9.17) is 4.74 Å². The van der Waals surface area contributed by atoms with E-state index in [1.807, 2.05) is 0 Å². The highest BCUT2D eigenvalue weighted by Crippen LogP contribution is 2.32. The molecule has 0 atom stereocenters. The van der Waals surface area contributed by atoms with Gasteiger partial charge in [-0.1, -0.05) is 31.2 Å². The molecular formula is C19H25NO. The van der Waals surface area contributed by atoms with Gasteiger partial charge in [-0.15, -0.1) is 0 Å². The first-order valence-electron chi connectivity index (χ1n) is 7.57. The van der Waals surface area contributed by atoms with Crippen molar-refractivity contribution in [1.82, 2.24) is 5.32 Å². The molecule has 2 nitrogen and oxygen atoms in total. The van der Waals surface area contributed by atoms with Gasteiger partial charge in [0.25, 0.3) is 0 Å². The Labute approximate surface area is 128 Å². The number of nitrogens with one attached hydrogen (secondary N) is 1. The lowest BCUT2D eigenvalue weighted by Gasteiger charge is -2.16. The van der Waals surface area contributed by atoms with Gasteiger partial charge in [0, 0.05) is 6.54 Å². The lowest BCUT2D eigenvalue weighted by molar-refractivity contribution is 0.470. The minimum Gasteiger partial charge on any atom is -0.457 e. The molecule has 0 saturated carbocycles. The van der Waals surface area contributed by atoms with Crippen LogP contribution in [0, 0.1) is 27.7 Å². The Bertz CT molecular complexity index is 632. The molecule has 0 radical (unpaired) electrons. The van der Waals surface area contributed by atoms with E-state index in [0.29, 0.717) is 0 Å². The average molecular weight is 283 g/mol. The molecule has 0 aromatic heterocycles. The Morgan fingerprint density at radius 1 is 0.905 bits per heavy atom. The Hall–Kier alpha value is -1.80. The van der Waals surface area contributed by atoms with E-state index < -0.39 is 0 Å². The predicted molar refractivity (Wildman–Crippen MR) is 89.3 cm³/mol. The molecule has 0 unspecified atom stereocenters. The van der Waals surface area contributed by atoms with E-state index in [1.165, 1.54) is 22.3 Å². The smallest absolute Gasteiger partial charge is 0.133 e. The molecule has 0 amide bonds. The molecule has 0 heterocycles. The summed E-state index contributed by atoms with van der Waals surface area (Å²) < 4.78 is 6.24. The zero-order valence-electron chi connectivity index (χ0n) is 13.7. The number of hydrogen-bond donors (Lipinski definition) is 1. The van der Waals surface area contributed by atoms with E-state index in [2.05, 4.69) is 70.3 Å². The van der Waals surface area contributed by atoms with Crippen molar-refractivity contribution in [1.29, 1.82) is 0 Å². The van der Waals surface area contributed by atoms with E-state index in [0.717, 1.165) is 30.2 Å². The van der Waals surface area contributed by atoms with Crippen LogP contribution < -0.4 is 10.1 Å². The first-order chi connectivity index (χ1) is 10.0. The molecule has 0 saturated heterocycles. The second-order valence-corrected chi connectivity index (χ2v) is 5.64. The van der Waals surface area contributed by atoms with Gasteiger partial charge >= 0.3 is 0 Å². The van der Waals surface area contributed by atoms with Crippen LogP contribution in [0.1, 0.15) is 34.7 Å². The minimum absolute atomic E-state index is 0.874. The Morgan fingerprint density at radius 2 is 1.57 bits per heavy atom. The summed E-state index contributed by atoms with van der Waals surface area (Å²) in [5.41, 5.74) is 6.06. The molecule has 2 rings (SSSR count). The van der Waals surface area contributed by atoms with Crippen LogP contribution in [0.5, 0.6) is 11.5 Å². The summed E-state index contributed by atoms with van der Waals surface area (Å²) in [6.07, 6.45) is 0. The maximum absolute atomic E-state index is 6.24. The highest BCUT2D eigenvalue weighted by molar-refractivity contribution is 5.48. The molecule has 2 aromatic carbocycles. The van der Waals surface area contributed by atoms with Gasteiger partial charge in [-0.3, -0.25) is 0 Å². The van der Waals surface area contributed by atoms with Crippen molar-refractivity contribution in [3.05, 3.63) is 58.1 Å². The summed E-state index contributed by atoms with van der Waals surface area (Å²) in [4.78, 5) is 0. The fourth-order valence-electron chi connectivity index (χ4n) is 2.33. The number of ether oxygens (including phenoxy) is 1. The third-order valence-electron chi connectivity index (χ3n) is 3.92. The van der Waals surface area contributed by atoms with E-state index in [9.17, 15) is 0 Å². The fourth-order valence-corrected chi connectivity index (χ4v) is 2.33. The van der Waals surface area contributed by atoms with Crippen molar-refractivity contribution in [2.45, 2.75) is 41.2 Å². The van der Waals surface area contributed by atoms with Crippen LogP contribution in [0.15, 0.2) is 30.3 Å². The Balaban J connectivity index is 2.33. The number of aryl methyl sites for hydroxylation is 3. The van der Waals surface area contributed by atoms with Gasteiger partial charge < -0.3 is 10.1 Å². The fraction of sp³-hybridized carbons (Fsp3) is 0.368. The highest BCUT2D eigenvalue weighted by Gasteiger charge is 2.10. The summed E-state index contributed by atoms with van der Waals surface area (Å²) in [5, 5.41) is 3.35. The lowest BCUT2D eigenvalue weighted by atomic mass is 10.0. The SMILES string of the molecule is CCNCc1ccc(C)c(Oc2c(C)ccc(C)c2C)c1. The van der Waals surface area contributed by atoms with E-state index >= 15 is 0 Å². The molecule has 2 aromatic rings. The van der Waals surface area contributed by atoms with Crippen LogP contribution in [0.25, 0.3) is 0 Å². The van der Waals surface area contributed by atoms with Gasteiger partial charge in [-0.05, 0) is 68.1 Å². The van der Waals surface area contributed by atoms with Gasteiger partial charge in [-0.2, -0.15) is 0 Å². The number of benzene rings is 2.